The van der Waals surface area contributed by atoms with Crippen molar-refractivity contribution >= 4 is 0 Å². The summed E-state index contributed by atoms with van der Waals surface area (Å²) in [4.78, 5) is 0. The Morgan fingerprint density at radius 3 is 2.77 bits per heavy atom. The molecular formula is C18H22O4. The first-order valence-electron chi connectivity index (χ1n) is 7.30. The molecule has 0 aromatic heterocycles. The van der Waals surface area contributed by atoms with Gasteiger partial charge in [0.2, 0.25) is 0 Å². The Balaban J connectivity index is 2.05. The molecule has 4 heteroatoms. The summed E-state index contributed by atoms with van der Waals surface area (Å²) in [5.41, 5.74) is 1.03. The molecule has 1 N–H and O–H groups in total. The number of ether oxygens (including phenoxy) is 3. The van der Waals surface area contributed by atoms with E-state index in [0.29, 0.717) is 13.2 Å². The standard InChI is InChI=1S/C18H22O4/c1-4-5-11-15(19)17(16-13-21-18(2,3)22-16)20-12-14-9-7-6-8-10-14/h1,5-11,15-17,19H,12-13H2,2-3H3/b11-5+/t15-,16-,17+/m1/s1. The van der Waals surface area contributed by atoms with Crippen LogP contribution >= 0.6 is 0 Å². The molecule has 0 unspecified atom stereocenters. The van der Waals surface area contributed by atoms with Crippen molar-refractivity contribution in [2.45, 2.75) is 44.6 Å². The minimum Gasteiger partial charge on any atom is -0.386 e. The highest BCUT2D eigenvalue weighted by Gasteiger charge is 2.40. The number of benzene rings is 1. The molecule has 1 aliphatic rings. The van der Waals surface area contributed by atoms with Crippen LogP contribution in [0, 0.1) is 12.3 Å². The zero-order valence-electron chi connectivity index (χ0n) is 12.9. The van der Waals surface area contributed by atoms with Crippen LogP contribution in [0.2, 0.25) is 0 Å². The molecule has 1 saturated heterocycles. The molecule has 1 aromatic carbocycles. The lowest BCUT2D eigenvalue weighted by Gasteiger charge is -2.27. The van der Waals surface area contributed by atoms with Crippen molar-refractivity contribution < 1.29 is 19.3 Å². The maximum Gasteiger partial charge on any atom is 0.163 e. The molecule has 0 aliphatic carbocycles. The lowest BCUT2D eigenvalue weighted by Crippen LogP contribution is -2.41. The fourth-order valence-corrected chi connectivity index (χ4v) is 2.33. The smallest absolute Gasteiger partial charge is 0.163 e. The Morgan fingerprint density at radius 1 is 1.45 bits per heavy atom. The van der Waals surface area contributed by atoms with Crippen LogP contribution in [-0.2, 0) is 20.8 Å². The molecule has 0 bridgehead atoms. The second-order valence-corrected chi connectivity index (χ2v) is 5.64. The van der Waals surface area contributed by atoms with Gasteiger partial charge in [-0.15, -0.1) is 6.42 Å². The van der Waals surface area contributed by atoms with Crippen molar-refractivity contribution in [3.05, 3.63) is 48.0 Å². The zero-order chi connectivity index (χ0) is 16.0. The summed E-state index contributed by atoms with van der Waals surface area (Å²) in [6.07, 6.45) is 6.43. The number of hydrogen-bond acceptors (Lipinski definition) is 4. The Labute approximate surface area is 131 Å². The summed E-state index contributed by atoms with van der Waals surface area (Å²) in [5, 5.41) is 10.3. The second-order valence-electron chi connectivity index (χ2n) is 5.64. The number of allylic oxidation sites excluding steroid dienone is 1. The summed E-state index contributed by atoms with van der Waals surface area (Å²) in [7, 11) is 0. The van der Waals surface area contributed by atoms with Gasteiger partial charge in [-0.05, 0) is 31.6 Å². The van der Waals surface area contributed by atoms with E-state index in [9.17, 15) is 5.11 Å². The average molecular weight is 302 g/mol. The Morgan fingerprint density at radius 2 is 2.18 bits per heavy atom. The predicted octanol–water partition coefficient (Wildman–Crippen LogP) is 2.27. The molecule has 1 heterocycles. The SMILES string of the molecule is C#C/C=C/[C@@H](O)[C@H](OCc1ccccc1)[C@H]1COC(C)(C)O1. The molecule has 1 aliphatic heterocycles. The van der Waals surface area contributed by atoms with E-state index in [4.69, 9.17) is 20.6 Å². The molecule has 1 fully saturated rings. The van der Waals surface area contributed by atoms with Gasteiger partial charge in [-0.3, -0.25) is 0 Å². The van der Waals surface area contributed by atoms with Crippen molar-refractivity contribution in [2.75, 3.05) is 6.61 Å². The second kappa shape index (κ2) is 7.57. The Kier molecular flexibility index (Phi) is 5.76. The van der Waals surface area contributed by atoms with E-state index < -0.39 is 18.0 Å². The van der Waals surface area contributed by atoms with Gasteiger partial charge in [-0.2, -0.15) is 0 Å². The maximum absolute atomic E-state index is 10.3. The summed E-state index contributed by atoms with van der Waals surface area (Å²) in [5.74, 6) is 1.69. The van der Waals surface area contributed by atoms with Crippen LogP contribution in [0.3, 0.4) is 0 Å². The van der Waals surface area contributed by atoms with E-state index in [-0.39, 0.29) is 6.10 Å². The van der Waals surface area contributed by atoms with Crippen LogP contribution in [0.15, 0.2) is 42.5 Å². The lowest BCUT2D eigenvalue weighted by molar-refractivity contribution is -0.167. The van der Waals surface area contributed by atoms with Crippen LogP contribution < -0.4 is 0 Å². The first-order valence-corrected chi connectivity index (χ1v) is 7.30. The molecular weight excluding hydrogens is 280 g/mol. The first kappa shape index (κ1) is 16.7. The highest BCUT2D eigenvalue weighted by Crippen LogP contribution is 2.27. The Hall–Kier alpha value is -1.64. The molecule has 22 heavy (non-hydrogen) atoms. The zero-order valence-corrected chi connectivity index (χ0v) is 12.9. The largest absolute Gasteiger partial charge is 0.386 e. The van der Waals surface area contributed by atoms with E-state index in [1.807, 2.05) is 44.2 Å². The van der Waals surface area contributed by atoms with Crippen molar-refractivity contribution in [2.24, 2.45) is 0 Å². The van der Waals surface area contributed by atoms with E-state index >= 15 is 0 Å². The third-order valence-electron chi connectivity index (χ3n) is 3.41. The molecule has 0 amide bonds. The van der Waals surface area contributed by atoms with Gasteiger partial charge >= 0.3 is 0 Å². The monoisotopic (exact) mass is 302 g/mol. The average Bonchev–Trinajstić information content (AvgIpc) is 2.86. The van der Waals surface area contributed by atoms with Crippen molar-refractivity contribution in [3.63, 3.8) is 0 Å². The molecule has 1 aromatic rings. The van der Waals surface area contributed by atoms with Gasteiger partial charge in [0, 0.05) is 0 Å². The third kappa shape index (κ3) is 4.69. The fourth-order valence-electron chi connectivity index (χ4n) is 2.33. The molecule has 3 atom stereocenters. The number of hydrogen-bond donors (Lipinski definition) is 1. The molecule has 2 rings (SSSR count). The van der Waals surface area contributed by atoms with Gasteiger partial charge in [0.1, 0.15) is 18.3 Å². The highest BCUT2D eigenvalue weighted by molar-refractivity contribution is 5.14. The van der Waals surface area contributed by atoms with Crippen LogP contribution in [0.4, 0.5) is 0 Å². The quantitative estimate of drug-likeness (QED) is 0.819. The number of aliphatic hydroxyl groups is 1. The fraction of sp³-hybridized carbons (Fsp3) is 0.444. The Bertz CT molecular complexity index is 530. The molecule has 0 spiro atoms. The normalized spacial score (nSPS) is 23.3. The van der Waals surface area contributed by atoms with Gasteiger partial charge in [0.15, 0.2) is 5.79 Å². The molecule has 118 valence electrons. The van der Waals surface area contributed by atoms with Crippen LogP contribution in [0.5, 0.6) is 0 Å². The summed E-state index contributed by atoms with van der Waals surface area (Å²) >= 11 is 0. The molecule has 4 nitrogen and oxygen atoms in total. The van der Waals surface area contributed by atoms with Gasteiger partial charge in [0.05, 0.1) is 13.2 Å². The topological polar surface area (TPSA) is 47.9 Å². The van der Waals surface area contributed by atoms with E-state index in [1.165, 1.54) is 12.2 Å². The van der Waals surface area contributed by atoms with E-state index in [1.54, 1.807) is 0 Å². The molecule has 0 radical (unpaired) electrons. The van der Waals surface area contributed by atoms with E-state index in [2.05, 4.69) is 5.92 Å². The van der Waals surface area contributed by atoms with Crippen molar-refractivity contribution in [3.8, 4) is 12.3 Å². The summed E-state index contributed by atoms with van der Waals surface area (Å²) in [6.45, 7) is 4.43. The lowest BCUT2D eigenvalue weighted by atomic mass is 10.1. The van der Waals surface area contributed by atoms with E-state index in [0.717, 1.165) is 5.56 Å². The predicted molar refractivity (Wildman–Crippen MR) is 83.9 cm³/mol. The first-order chi connectivity index (χ1) is 10.5. The van der Waals surface area contributed by atoms with Gasteiger partial charge in [0.25, 0.3) is 0 Å². The number of terminal acetylenes is 1. The minimum absolute atomic E-state index is 0.351. The van der Waals surface area contributed by atoms with Gasteiger partial charge in [-0.1, -0.05) is 36.3 Å². The maximum atomic E-state index is 10.3. The van der Waals surface area contributed by atoms with Gasteiger partial charge in [-0.25, -0.2) is 0 Å². The third-order valence-corrected chi connectivity index (χ3v) is 3.41. The minimum atomic E-state index is -0.859. The van der Waals surface area contributed by atoms with Crippen LogP contribution in [-0.4, -0.2) is 35.8 Å². The van der Waals surface area contributed by atoms with Crippen LogP contribution in [0.25, 0.3) is 0 Å². The van der Waals surface area contributed by atoms with Gasteiger partial charge < -0.3 is 19.3 Å². The van der Waals surface area contributed by atoms with Crippen LogP contribution in [0.1, 0.15) is 19.4 Å². The summed E-state index contributed by atoms with van der Waals surface area (Å²) in [6, 6.07) is 9.77. The highest BCUT2D eigenvalue weighted by atomic mass is 16.7. The summed E-state index contributed by atoms with van der Waals surface area (Å²) < 4.78 is 17.3. The number of rotatable bonds is 6. The number of aliphatic hydroxyl groups excluding tert-OH is 1. The van der Waals surface area contributed by atoms with Crippen molar-refractivity contribution in [1.29, 1.82) is 0 Å². The van der Waals surface area contributed by atoms with Crippen molar-refractivity contribution in [1.82, 2.24) is 0 Å². The molecule has 0 saturated carbocycles.